The minimum Gasteiger partial charge on any atom is -0.452 e. The number of hydrogen-bond acceptors (Lipinski definition) is 4. The normalized spacial score (nSPS) is 10.3. The van der Waals surface area contributed by atoms with Crippen LogP contribution in [-0.4, -0.2) is 24.7 Å². The number of amides is 1. The molecule has 8 heteroatoms. The number of nitrogens with one attached hydrogen (secondary N) is 1. The minimum absolute atomic E-state index is 0.250. The van der Waals surface area contributed by atoms with Crippen molar-refractivity contribution in [2.75, 3.05) is 18.2 Å². The number of benzene rings is 2. The lowest BCUT2D eigenvalue weighted by Crippen LogP contribution is -2.21. The number of hydrogen-bond donors (Lipinski definition) is 1. The second kappa shape index (κ2) is 7.87. The molecule has 1 N–H and O–H groups in total. The molecule has 0 bridgehead atoms. The van der Waals surface area contributed by atoms with Crippen LogP contribution in [0.1, 0.15) is 10.4 Å². The van der Waals surface area contributed by atoms with Crippen molar-refractivity contribution in [3.63, 3.8) is 0 Å². The molecule has 0 spiro atoms. The molecule has 0 heterocycles. The lowest BCUT2D eigenvalue weighted by atomic mass is 10.2. The van der Waals surface area contributed by atoms with E-state index in [0.29, 0.717) is 6.07 Å². The summed E-state index contributed by atoms with van der Waals surface area (Å²) in [6.07, 6.45) is 1.88. The van der Waals surface area contributed by atoms with Crippen LogP contribution >= 0.6 is 11.8 Å². The molecule has 126 valence electrons. The molecule has 0 saturated heterocycles. The Labute approximate surface area is 140 Å². The highest BCUT2D eigenvalue weighted by molar-refractivity contribution is 7.98. The molecule has 24 heavy (non-hydrogen) atoms. The van der Waals surface area contributed by atoms with Gasteiger partial charge in [0.2, 0.25) is 0 Å². The first-order valence-corrected chi connectivity index (χ1v) is 7.89. The van der Waals surface area contributed by atoms with Gasteiger partial charge in [0.1, 0.15) is 0 Å². The Balaban J connectivity index is 1.93. The van der Waals surface area contributed by atoms with Crippen molar-refractivity contribution in [3.8, 4) is 0 Å². The standard InChI is InChI=1S/C16H12F3NO3S/c1-24-10-4-2-9(3-5-10)16(22)23-8-13(21)20-12-7-6-11(17)14(18)15(12)19/h2-7H,8H2,1H3,(H,20,21). The molecule has 2 aromatic carbocycles. The fourth-order valence-electron chi connectivity index (χ4n) is 1.75. The van der Waals surface area contributed by atoms with E-state index in [0.717, 1.165) is 11.0 Å². The molecule has 0 aromatic heterocycles. The molecule has 1 amide bonds. The molecule has 0 atom stereocenters. The molecular weight excluding hydrogens is 343 g/mol. The highest BCUT2D eigenvalue weighted by Crippen LogP contribution is 2.19. The monoisotopic (exact) mass is 355 g/mol. The summed E-state index contributed by atoms with van der Waals surface area (Å²) in [6.45, 7) is -0.693. The largest absolute Gasteiger partial charge is 0.452 e. The zero-order chi connectivity index (χ0) is 17.7. The van der Waals surface area contributed by atoms with E-state index in [4.69, 9.17) is 4.74 Å². The number of rotatable bonds is 5. The van der Waals surface area contributed by atoms with E-state index in [2.05, 4.69) is 0 Å². The lowest BCUT2D eigenvalue weighted by molar-refractivity contribution is -0.119. The van der Waals surface area contributed by atoms with Crippen LogP contribution in [0.4, 0.5) is 18.9 Å². The quantitative estimate of drug-likeness (QED) is 0.506. The molecule has 0 unspecified atom stereocenters. The van der Waals surface area contributed by atoms with Crippen LogP contribution in [0.3, 0.4) is 0 Å². The van der Waals surface area contributed by atoms with Crippen LogP contribution in [0.5, 0.6) is 0 Å². The maximum atomic E-state index is 13.4. The number of thioether (sulfide) groups is 1. The van der Waals surface area contributed by atoms with Gasteiger partial charge >= 0.3 is 5.97 Å². The van der Waals surface area contributed by atoms with E-state index in [9.17, 15) is 22.8 Å². The summed E-state index contributed by atoms with van der Waals surface area (Å²) in [5.74, 6) is -6.20. The van der Waals surface area contributed by atoms with Crippen molar-refractivity contribution < 1.29 is 27.5 Å². The van der Waals surface area contributed by atoms with Crippen molar-refractivity contribution in [1.29, 1.82) is 0 Å². The second-order valence-electron chi connectivity index (χ2n) is 4.58. The number of anilines is 1. The first kappa shape index (κ1) is 17.9. The van der Waals surface area contributed by atoms with Crippen LogP contribution < -0.4 is 5.32 Å². The number of esters is 1. The van der Waals surface area contributed by atoms with Crippen LogP contribution in [0.25, 0.3) is 0 Å². The van der Waals surface area contributed by atoms with Gasteiger partial charge in [-0.3, -0.25) is 4.79 Å². The summed E-state index contributed by atoms with van der Waals surface area (Å²) >= 11 is 1.50. The molecule has 0 radical (unpaired) electrons. The Morgan fingerprint density at radius 3 is 2.33 bits per heavy atom. The SMILES string of the molecule is CSc1ccc(C(=O)OCC(=O)Nc2ccc(F)c(F)c2F)cc1. The summed E-state index contributed by atoms with van der Waals surface area (Å²) in [6, 6.07) is 8.07. The zero-order valence-electron chi connectivity index (χ0n) is 12.4. The molecular formula is C16H12F3NO3S. The Hall–Kier alpha value is -2.48. The van der Waals surface area contributed by atoms with Crippen molar-refractivity contribution >= 4 is 29.3 Å². The van der Waals surface area contributed by atoms with Crippen molar-refractivity contribution in [1.82, 2.24) is 0 Å². The Morgan fingerprint density at radius 1 is 1.04 bits per heavy atom. The molecule has 0 aliphatic carbocycles. The smallest absolute Gasteiger partial charge is 0.338 e. The zero-order valence-corrected chi connectivity index (χ0v) is 13.3. The number of halogens is 3. The maximum Gasteiger partial charge on any atom is 0.338 e. The highest BCUT2D eigenvalue weighted by atomic mass is 32.2. The van der Waals surface area contributed by atoms with E-state index in [-0.39, 0.29) is 5.56 Å². The van der Waals surface area contributed by atoms with Crippen LogP contribution in [0.15, 0.2) is 41.3 Å². The van der Waals surface area contributed by atoms with Crippen molar-refractivity contribution in [2.24, 2.45) is 0 Å². The van der Waals surface area contributed by atoms with Crippen LogP contribution in [0, 0.1) is 17.5 Å². The molecule has 0 fully saturated rings. The van der Waals surface area contributed by atoms with E-state index in [1.807, 2.05) is 11.6 Å². The Kier molecular flexibility index (Phi) is 5.86. The average molecular weight is 355 g/mol. The Morgan fingerprint density at radius 2 is 1.71 bits per heavy atom. The van der Waals surface area contributed by atoms with Gasteiger partial charge in [0.05, 0.1) is 11.3 Å². The molecule has 0 aliphatic heterocycles. The van der Waals surface area contributed by atoms with E-state index in [1.54, 1.807) is 24.3 Å². The van der Waals surface area contributed by atoms with E-state index in [1.165, 1.54) is 11.8 Å². The summed E-state index contributed by atoms with van der Waals surface area (Å²) < 4.78 is 44.0. The fraction of sp³-hybridized carbons (Fsp3) is 0.125. The summed E-state index contributed by atoms with van der Waals surface area (Å²) in [5, 5.41) is 2.00. The number of carbonyl (C=O) groups excluding carboxylic acids is 2. The molecule has 2 aromatic rings. The average Bonchev–Trinajstić information content (AvgIpc) is 2.60. The van der Waals surface area contributed by atoms with Gasteiger partial charge in [0, 0.05) is 4.90 Å². The minimum atomic E-state index is -1.70. The third kappa shape index (κ3) is 4.29. The van der Waals surface area contributed by atoms with Gasteiger partial charge in [-0.15, -0.1) is 11.8 Å². The van der Waals surface area contributed by atoms with Gasteiger partial charge < -0.3 is 10.1 Å². The summed E-state index contributed by atoms with van der Waals surface area (Å²) in [4.78, 5) is 24.4. The molecule has 0 aliphatic rings. The van der Waals surface area contributed by atoms with E-state index >= 15 is 0 Å². The maximum absolute atomic E-state index is 13.4. The van der Waals surface area contributed by atoms with E-state index < -0.39 is 41.6 Å². The molecule has 2 rings (SSSR count). The summed E-state index contributed by atoms with van der Waals surface area (Å²) in [7, 11) is 0. The van der Waals surface area contributed by atoms with Gasteiger partial charge in [0.25, 0.3) is 5.91 Å². The second-order valence-corrected chi connectivity index (χ2v) is 5.46. The number of ether oxygens (including phenoxy) is 1. The van der Waals surface area contributed by atoms with Gasteiger partial charge in [-0.05, 0) is 42.7 Å². The highest BCUT2D eigenvalue weighted by Gasteiger charge is 2.16. The molecule has 4 nitrogen and oxygen atoms in total. The molecule has 0 saturated carbocycles. The van der Waals surface area contributed by atoms with Gasteiger partial charge in [-0.1, -0.05) is 0 Å². The summed E-state index contributed by atoms with van der Waals surface area (Å²) in [5.41, 5.74) is -0.293. The van der Waals surface area contributed by atoms with Gasteiger partial charge in [-0.2, -0.15) is 0 Å². The predicted molar refractivity (Wildman–Crippen MR) is 83.5 cm³/mol. The topological polar surface area (TPSA) is 55.4 Å². The fourth-order valence-corrected chi connectivity index (χ4v) is 2.16. The van der Waals surface area contributed by atoms with Crippen LogP contribution in [-0.2, 0) is 9.53 Å². The van der Waals surface area contributed by atoms with Crippen molar-refractivity contribution in [2.45, 2.75) is 4.90 Å². The first-order chi connectivity index (χ1) is 11.4. The predicted octanol–water partition coefficient (Wildman–Crippen LogP) is 3.62. The van der Waals surface area contributed by atoms with Crippen LogP contribution in [0.2, 0.25) is 0 Å². The third-order valence-electron chi connectivity index (χ3n) is 2.97. The number of carbonyl (C=O) groups is 2. The third-order valence-corrected chi connectivity index (χ3v) is 3.71. The Bertz CT molecular complexity index is 766. The van der Waals surface area contributed by atoms with Gasteiger partial charge in [-0.25, -0.2) is 18.0 Å². The first-order valence-electron chi connectivity index (χ1n) is 6.67. The lowest BCUT2D eigenvalue weighted by Gasteiger charge is -2.08. The van der Waals surface area contributed by atoms with Gasteiger partial charge in [0.15, 0.2) is 24.1 Å². The van der Waals surface area contributed by atoms with Crippen molar-refractivity contribution in [3.05, 3.63) is 59.4 Å².